The molecule has 1 aliphatic rings. The lowest BCUT2D eigenvalue weighted by Gasteiger charge is -2.24. The molecule has 138 valence electrons. The average Bonchev–Trinajstić information content (AvgIpc) is 2.97. The third-order valence-electron chi connectivity index (χ3n) is 4.30. The van der Waals surface area contributed by atoms with Crippen LogP contribution in [0.2, 0.25) is 0 Å². The van der Waals surface area contributed by atoms with E-state index < -0.39 is 10.0 Å². The summed E-state index contributed by atoms with van der Waals surface area (Å²) in [5.74, 6) is 0.858. The quantitative estimate of drug-likeness (QED) is 0.834. The van der Waals surface area contributed by atoms with Crippen molar-refractivity contribution in [2.45, 2.75) is 24.7 Å². The highest BCUT2D eigenvalue weighted by atomic mass is 32.2. The Morgan fingerprint density at radius 1 is 1.27 bits per heavy atom. The van der Waals surface area contributed by atoms with E-state index in [1.165, 1.54) is 23.7 Å². The van der Waals surface area contributed by atoms with Gasteiger partial charge in [0.05, 0.1) is 16.1 Å². The molecule has 1 aromatic heterocycles. The molecule has 1 saturated heterocycles. The van der Waals surface area contributed by atoms with E-state index in [2.05, 4.69) is 25.2 Å². The van der Waals surface area contributed by atoms with E-state index in [9.17, 15) is 13.7 Å². The molecule has 26 heavy (non-hydrogen) atoms. The van der Waals surface area contributed by atoms with Crippen molar-refractivity contribution in [3.8, 4) is 6.07 Å². The first-order chi connectivity index (χ1) is 12.4. The monoisotopic (exact) mass is 392 g/mol. The summed E-state index contributed by atoms with van der Waals surface area (Å²) >= 11 is 1.41. The topological polar surface area (TPSA) is 116 Å². The largest absolute Gasteiger partial charge is 0.369 e. The Labute approximate surface area is 157 Å². The predicted octanol–water partition coefficient (Wildman–Crippen LogP) is 1.34. The minimum absolute atomic E-state index is 0.0461. The molecule has 1 aromatic carbocycles. The van der Waals surface area contributed by atoms with Crippen LogP contribution in [-0.2, 0) is 16.4 Å². The molecule has 3 rings (SSSR count). The number of anilines is 2. The van der Waals surface area contributed by atoms with Crippen LogP contribution in [0, 0.1) is 11.3 Å². The second-order valence-electron chi connectivity index (χ2n) is 6.01. The third kappa shape index (κ3) is 3.95. The number of nitrogens with zero attached hydrogens (tertiary/aromatic N) is 5. The number of hydrogen-bond acceptors (Lipinski definition) is 8. The standard InChI is InChI=1S/C16H20N6O2S2/c1-2-15-19-16(25-20-15)22-7-3-6-21(8-9-22)14-5-4-13(26(18,23)24)10-12(14)11-17/h4-5,10H,2-3,6-9H2,1H3,(H2,18,23,24). The highest BCUT2D eigenvalue weighted by Gasteiger charge is 2.21. The number of aromatic nitrogens is 2. The van der Waals surface area contributed by atoms with Crippen molar-refractivity contribution >= 4 is 32.4 Å². The average molecular weight is 393 g/mol. The first-order valence-corrected chi connectivity index (χ1v) is 10.6. The van der Waals surface area contributed by atoms with Gasteiger partial charge in [-0.1, -0.05) is 6.92 Å². The van der Waals surface area contributed by atoms with Crippen LogP contribution >= 0.6 is 11.5 Å². The van der Waals surface area contributed by atoms with Crippen LogP contribution in [-0.4, -0.2) is 44.0 Å². The summed E-state index contributed by atoms with van der Waals surface area (Å²) in [7, 11) is -3.83. The van der Waals surface area contributed by atoms with Gasteiger partial charge in [0.25, 0.3) is 0 Å². The van der Waals surface area contributed by atoms with Crippen LogP contribution in [0.15, 0.2) is 23.1 Å². The maximum atomic E-state index is 11.5. The van der Waals surface area contributed by atoms with Gasteiger partial charge < -0.3 is 9.80 Å². The van der Waals surface area contributed by atoms with Crippen molar-refractivity contribution in [1.82, 2.24) is 9.36 Å². The van der Waals surface area contributed by atoms with Gasteiger partial charge in [0.1, 0.15) is 11.9 Å². The number of nitriles is 1. The van der Waals surface area contributed by atoms with Gasteiger partial charge in [-0.15, -0.1) is 0 Å². The van der Waals surface area contributed by atoms with Crippen LogP contribution < -0.4 is 14.9 Å². The molecule has 0 aliphatic carbocycles. The Morgan fingerprint density at radius 2 is 2.00 bits per heavy atom. The molecule has 2 heterocycles. The summed E-state index contributed by atoms with van der Waals surface area (Å²) in [6.07, 6.45) is 1.72. The highest BCUT2D eigenvalue weighted by Crippen LogP contribution is 2.26. The maximum absolute atomic E-state index is 11.5. The summed E-state index contributed by atoms with van der Waals surface area (Å²) in [5, 5.41) is 15.5. The number of sulfonamides is 1. The van der Waals surface area contributed by atoms with Crippen LogP contribution in [0.25, 0.3) is 0 Å². The molecule has 0 atom stereocenters. The SMILES string of the molecule is CCc1nsc(N2CCCN(c3ccc(S(N)(=O)=O)cc3C#N)CC2)n1. The number of rotatable bonds is 4. The Kier molecular flexibility index (Phi) is 5.41. The van der Waals surface area contributed by atoms with E-state index in [1.54, 1.807) is 6.07 Å². The highest BCUT2D eigenvalue weighted by molar-refractivity contribution is 7.89. The van der Waals surface area contributed by atoms with Gasteiger partial charge in [-0.3, -0.25) is 0 Å². The number of hydrogen-bond donors (Lipinski definition) is 1. The second kappa shape index (κ2) is 7.57. The zero-order chi connectivity index (χ0) is 18.7. The van der Waals surface area contributed by atoms with Crippen molar-refractivity contribution in [2.75, 3.05) is 36.0 Å². The minimum atomic E-state index is -3.83. The van der Waals surface area contributed by atoms with Gasteiger partial charge in [-0.2, -0.15) is 9.64 Å². The molecule has 0 bridgehead atoms. The zero-order valence-electron chi connectivity index (χ0n) is 14.4. The molecule has 0 saturated carbocycles. The smallest absolute Gasteiger partial charge is 0.238 e. The van der Waals surface area contributed by atoms with Crippen LogP contribution in [0.3, 0.4) is 0 Å². The van der Waals surface area contributed by atoms with Gasteiger partial charge in [-0.25, -0.2) is 18.5 Å². The van der Waals surface area contributed by atoms with Crippen molar-refractivity contribution in [2.24, 2.45) is 5.14 Å². The van der Waals surface area contributed by atoms with Gasteiger partial charge >= 0.3 is 0 Å². The molecule has 2 aromatic rings. The maximum Gasteiger partial charge on any atom is 0.238 e. The first-order valence-electron chi connectivity index (χ1n) is 8.32. The number of nitrogens with two attached hydrogens (primary N) is 1. The van der Waals surface area contributed by atoms with Gasteiger partial charge in [0.2, 0.25) is 15.2 Å². The van der Waals surface area contributed by atoms with Crippen molar-refractivity contribution < 1.29 is 8.42 Å². The fourth-order valence-corrected chi connectivity index (χ4v) is 4.26. The van der Waals surface area contributed by atoms with E-state index in [4.69, 9.17) is 5.14 Å². The van der Waals surface area contributed by atoms with Gasteiger partial charge in [0, 0.05) is 44.1 Å². The zero-order valence-corrected chi connectivity index (χ0v) is 16.1. The molecule has 2 N–H and O–H groups in total. The Morgan fingerprint density at radius 3 is 2.65 bits per heavy atom. The number of benzene rings is 1. The molecule has 1 aliphatic heterocycles. The Hall–Kier alpha value is -2.22. The first kappa shape index (κ1) is 18.6. The number of primary sulfonamides is 1. The van der Waals surface area contributed by atoms with Crippen molar-refractivity contribution in [3.63, 3.8) is 0 Å². The number of aryl methyl sites for hydroxylation is 1. The fourth-order valence-electron chi connectivity index (χ4n) is 2.92. The minimum Gasteiger partial charge on any atom is -0.369 e. The summed E-state index contributed by atoms with van der Waals surface area (Å²) in [6, 6.07) is 6.53. The molecule has 8 nitrogen and oxygen atoms in total. The summed E-state index contributed by atoms with van der Waals surface area (Å²) in [4.78, 5) is 8.81. The molecule has 0 unspecified atom stereocenters. The van der Waals surface area contributed by atoms with Crippen molar-refractivity contribution in [1.29, 1.82) is 5.26 Å². The summed E-state index contributed by atoms with van der Waals surface area (Å²) in [5.41, 5.74) is 1.04. The second-order valence-corrected chi connectivity index (χ2v) is 8.30. The van der Waals surface area contributed by atoms with Crippen LogP contribution in [0.5, 0.6) is 0 Å². The predicted molar refractivity (Wildman–Crippen MR) is 101 cm³/mol. The van der Waals surface area contributed by atoms with Gasteiger partial charge in [0.15, 0.2) is 0 Å². The normalized spacial score (nSPS) is 15.6. The van der Waals surface area contributed by atoms with E-state index in [1.807, 2.05) is 6.92 Å². The summed E-state index contributed by atoms with van der Waals surface area (Å²) in [6.45, 7) is 5.15. The molecule has 10 heteroatoms. The van der Waals surface area contributed by atoms with Crippen LogP contribution in [0.4, 0.5) is 10.8 Å². The van der Waals surface area contributed by atoms with Crippen LogP contribution in [0.1, 0.15) is 24.7 Å². The molecule has 0 spiro atoms. The lowest BCUT2D eigenvalue weighted by Crippen LogP contribution is -2.31. The Bertz CT molecular complexity index is 934. The molecular weight excluding hydrogens is 372 g/mol. The lowest BCUT2D eigenvalue weighted by molar-refractivity contribution is 0.597. The van der Waals surface area contributed by atoms with Gasteiger partial charge in [-0.05, 0) is 24.6 Å². The third-order valence-corrected chi connectivity index (χ3v) is 6.02. The van der Waals surface area contributed by atoms with E-state index in [0.717, 1.165) is 49.1 Å². The van der Waals surface area contributed by atoms with E-state index in [0.29, 0.717) is 12.1 Å². The molecule has 1 fully saturated rings. The molecule has 0 amide bonds. The van der Waals surface area contributed by atoms with E-state index in [-0.39, 0.29) is 4.90 Å². The molecule has 0 radical (unpaired) electrons. The lowest BCUT2D eigenvalue weighted by atomic mass is 10.1. The van der Waals surface area contributed by atoms with E-state index >= 15 is 0 Å². The molecular formula is C16H20N6O2S2. The Balaban J connectivity index is 1.80. The fraction of sp³-hybridized carbons (Fsp3) is 0.438. The van der Waals surface area contributed by atoms with Crippen molar-refractivity contribution in [3.05, 3.63) is 29.6 Å². The summed E-state index contributed by atoms with van der Waals surface area (Å²) < 4.78 is 27.4.